The number of carbonyl (C=O) groups excluding carboxylic acids is 3. The highest BCUT2D eigenvalue weighted by atomic mass is 79.9. The Bertz CT molecular complexity index is 1260. The first-order valence-electron chi connectivity index (χ1n) is 10.2. The molecule has 170 valence electrons. The highest BCUT2D eigenvalue weighted by Gasteiger charge is 2.28. The first kappa shape index (κ1) is 22.5. The molecular formula is C23H21BrN4O5. The summed E-state index contributed by atoms with van der Waals surface area (Å²) in [5.74, 6) is -0.205. The second kappa shape index (κ2) is 9.45. The number of amides is 3. The number of fused-ring (bicyclic) bond motifs is 1. The molecule has 3 N–H and O–H groups in total. The summed E-state index contributed by atoms with van der Waals surface area (Å²) >= 11 is 3.31. The van der Waals surface area contributed by atoms with Crippen LogP contribution in [0.25, 0.3) is 0 Å². The minimum absolute atomic E-state index is 0.0858. The van der Waals surface area contributed by atoms with E-state index in [2.05, 4.69) is 37.3 Å². The Balaban J connectivity index is 1.48. The van der Waals surface area contributed by atoms with Crippen LogP contribution >= 0.6 is 15.9 Å². The van der Waals surface area contributed by atoms with Crippen LogP contribution in [-0.2, 0) is 6.42 Å². The predicted octanol–water partition coefficient (Wildman–Crippen LogP) is 3.80. The molecule has 3 amide bonds. The largest absolute Gasteiger partial charge is 0.469 e. The molecule has 2 aromatic heterocycles. The van der Waals surface area contributed by atoms with E-state index in [1.54, 1.807) is 44.2 Å². The van der Waals surface area contributed by atoms with Crippen molar-refractivity contribution in [2.45, 2.75) is 33.1 Å². The van der Waals surface area contributed by atoms with Crippen LogP contribution in [0.5, 0.6) is 0 Å². The van der Waals surface area contributed by atoms with Crippen molar-refractivity contribution in [2.24, 2.45) is 5.10 Å². The molecule has 1 aromatic carbocycles. The van der Waals surface area contributed by atoms with Crippen LogP contribution < -0.4 is 16.3 Å². The zero-order chi connectivity index (χ0) is 23.5. The molecule has 10 heteroatoms. The number of nitrogens with zero attached hydrogens (tertiary/aromatic N) is 1. The van der Waals surface area contributed by atoms with Gasteiger partial charge in [-0.25, -0.2) is 5.43 Å². The summed E-state index contributed by atoms with van der Waals surface area (Å²) in [5.41, 5.74) is 10.0. The van der Waals surface area contributed by atoms with Crippen molar-refractivity contribution in [3.05, 3.63) is 80.6 Å². The highest BCUT2D eigenvalue weighted by molar-refractivity contribution is 9.10. The lowest BCUT2D eigenvalue weighted by Crippen LogP contribution is -2.41. The number of hydrazone groups is 1. The quantitative estimate of drug-likeness (QED) is 0.458. The zero-order valence-corrected chi connectivity index (χ0v) is 19.5. The number of benzene rings is 1. The van der Waals surface area contributed by atoms with Gasteiger partial charge >= 0.3 is 5.91 Å². The summed E-state index contributed by atoms with van der Waals surface area (Å²) in [5, 5.41) is 4.29. The molecular weight excluding hydrogens is 492 g/mol. The van der Waals surface area contributed by atoms with E-state index in [1.807, 2.05) is 0 Å². The van der Waals surface area contributed by atoms with E-state index in [-0.39, 0.29) is 11.7 Å². The Morgan fingerprint density at radius 2 is 1.70 bits per heavy atom. The van der Waals surface area contributed by atoms with E-state index >= 15 is 0 Å². The number of rotatable bonds is 4. The number of hydrazine groups is 1. The maximum Gasteiger partial charge on any atom is 0.305 e. The Kier molecular flexibility index (Phi) is 6.45. The van der Waals surface area contributed by atoms with Crippen LogP contribution in [0.2, 0.25) is 0 Å². The molecule has 1 aliphatic rings. The van der Waals surface area contributed by atoms with Crippen molar-refractivity contribution in [3.8, 4) is 0 Å². The number of hydrogen-bond acceptors (Lipinski definition) is 6. The van der Waals surface area contributed by atoms with Gasteiger partial charge in [0.05, 0.1) is 17.5 Å². The number of hydrogen-bond donors (Lipinski definition) is 3. The second-order valence-corrected chi connectivity index (χ2v) is 8.43. The van der Waals surface area contributed by atoms with E-state index in [4.69, 9.17) is 8.83 Å². The van der Waals surface area contributed by atoms with Crippen LogP contribution in [0, 0.1) is 13.8 Å². The van der Waals surface area contributed by atoms with Gasteiger partial charge in [-0.05, 0) is 57.0 Å². The summed E-state index contributed by atoms with van der Waals surface area (Å²) in [6.45, 7) is 3.44. The highest BCUT2D eigenvalue weighted by Crippen LogP contribution is 2.29. The smallest absolute Gasteiger partial charge is 0.305 e. The monoisotopic (exact) mass is 512 g/mol. The SMILES string of the molecule is Cc1occc1C(=O)N/N=C1\CCCc2oc(C(=O)NNC(=O)c3ccc(Br)cc3)c(C)c21. The van der Waals surface area contributed by atoms with Gasteiger partial charge in [-0.1, -0.05) is 15.9 Å². The van der Waals surface area contributed by atoms with Gasteiger partial charge in [0, 0.05) is 27.6 Å². The Hall–Kier alpha value is -3.66. The lowest BCUT2D eigenvalue weighted by atomic mass is 9.93. The molecule has 0 radical (unpaired) electrons. The Morgan fingerprint density at radius 1 is 0.970 bits per heavy atom. The molecule has 0 aliphatic heterocycles. The number of furan rings is 2. The number of carbonyl (C=O) groups is 3. The van der Waals surface area contributed by atoms with Gasteiger partial charge in [0.15, 0.2) is 5.76 Å². The molecule has 9 nitrogen and oxygen atoms in total. The Morgan fingerprint density at radius 3 is 2.39 bits per heavy atom. The summed E-state index contributed by atoms with van der Waals surface area (Å²) in [7, 11) is 0. The molecule has 0 bridgehead atoms. The van der Waals surface area contributed by atoms with E-state index in [1.165, 1.54) is 6.26 Å². The molecule has 0 saturated heterocycles. The minimum Gasteiger partial charge on any atom is -0.469 e. The van der Waals surface area contributed by atoms with Crippen LogP contribution in [-0.4, -0.2) is 23.4 Å². The third-order valence-electron chi connectivity index (χ3n) is 5.32. The van der Waals surface area contributed by atoms with Crippen molar-refractivity contribution in [1.82, 2.24) is 16.3 Å². The summed E-state index contributed by atoms with van der Waals surface area (Å²) in [4.78, 5) is 37.3. The van der Waals surface area contributed by atoms with Crippen molar-refractivity contribution in [3.63, 3.8) is 0 Å². The van der Waals surface area contributed by atoms with Crippen LogP contribution in [0.4, 0.5) is 0 Å². The van der Waals surface area contributed by atoms with Gasteiger partial charge in [0.1, 0.15) is 11.5 Å². The lowest BCUT2D eigenvalue weighted by molar-refractivity contribution is 0.0829. The standard InChI is InChI=1S/C23H21BrN4O5/c1-12-19-17(25-27-22(30)16-10-11-32-13(16)2)4-3-5-18(19)33-20(12)23(31)28-26-21(29)14-6-8-15(24)9-7-14/h6-11H,3-5H2,1-2H3,(H,26,29)(H,27,30)(H,28,31)/b25-17+. The van der Waals surface area contributed by atoms with E-state index in [0.29, 0.717) is 52.3 Å². The third kappa shape index (κ3) is 4.75. The molecule has 0 saturated carbocycles. The van der Waals surface area contributed by atoms with E-state index in [0.717, 1.165) is 10.9 Å². The maximum atomic E-state index is 12.7. The normalized spacial score (nSPS) is 14.0. The molecule has 0 atom stereocenters. The fourth-order valence-corrected chi connectivity index (χ4v) is 3.90. The summed E-state index contributed by atoms with van der Waals surface area (Å²) in [6, 6.07) is 8.30. The van der Waals surface area contributed by atoms with Crippen LogP contribution in [0.15, 0.2) is 55.0 Å². The van der Waals surface area contributed by atoms with E-state index in [9.17, 15) is 14.4 Å². The third-order valence-corrected chi connectivity index (χ3v) is 5.85. The van der Waals surface area contributed by atoms with Crippen molar-refractivity contribution < 1.29 is 23.2 Å². The molecule has 33 heavy (non-hydrogen) atoms. The Labute approximate surface area is 197 Å². The molecule has 3 aromatic rings. The molecule has 4 rings (SSSR count). The predicted molar refractivity (Wildman–Crippen MR) is 123 cm³/mol. The molecule has 0 spiro atoms. The summed E-state index contributed by atoms with van der Waals surface area (Å²) in [6.07, 6.45) is 3.47. The van der Waals surface area contributed by atoms with Gasteiger partial charge in [-0.15, -0.1) is 0 Å². The maximum absolute atomic E-state index is 12.7. The van der Waals surface area contributed by atoms with Crippen LogP contribution in [0.3, 0.4) is 0 Å². The van der Waals surface area contributed by atoms with Gasteiger partial charge in [-0.2, -0.15) is 5.10 Å². The van der Waals surface area contributed by atoms with Gasteiger partial charge < -0.3 is 8.83 Å². The number of nitrogens with one attached hydrogen (secondary N) is 3. The molecule has 1 aliphatic carbocycles. The van der Waals surface area contributed by atoms with Gasteiger partial charge in [0.2, 0.25) is 0 Å². The summed E-state index contributed by atoms with van der Waals surface area (Å²) < 4.78 is 11.8. The lowest BCUT2D eigenvalue weighted by Gasteiger charge is -2.13. The van der Waals surface area contributed by atoms with Crippen molar-refractivity contribution in [1.29, 1.82) is 0 Å². The van der Waals surface area contributed by atoms with Gasteiger partial charge in [-0.3, -0.25) is 25.2 Å². The average Bonchev–Trinajstić information content (AvgIpc) is 3.39. The van der Waals surface area contributed by atoms with Crippen molar-refractivity contribution in [2.75, 3.05) is 0 Å². The fraction of sp³-hybridized carbons (Fsp3) is 0.217. The molecule has 0 unspecified atom stereocenters. The fourth-order valence-electron chi connectivity index (χ4n) is 3.64. The average molecular weight is 513 g/mol. The van der Waals surface area contributed by atoms with Crippen molar-refractivity contribution >= 4 is 39.4 Å². The van der Waals surface area contributed by atoms with Crippen LogP contribution in [0.1, 0.15) is 66.8 Å². The first-order chi connectivity index (χ1) is 15.8. The number of halogens is 1. The van der Waals surface area contributed by atoms with E-state index < -0.39 is 11.8 Å². The number of aryl methyl sites for hydroxylation is 2. The minimum atomic E-state index is -0.579. The second-order valence-electron chi connectivity index (χ2n) is 7.51. The zero-order valence-electron chi connectivity index (χ0n) is 18.0. The molecule has 2 heterocycles. The van der Waals surface area contributed by atoms with Gasteiger partial charge in [0.25, 0.3) is 11.8 Å². The topological polar surface area (TPSA) is 126 Å². The first-order valence-corrected chi connectivity index (χ1v) is 11.0. The molecule has 0 fully saturated rings.